The monoisotopic (exact) mass is 270 g/mol. The van der Waals surface area contributed by atoms with Crippen LogP contribution in [0, 0.1) is 17.0 Å². The third-order valence-corrected chi connectivity index (χ3v) is 2.42. The minimum absolute atomic E-state index is 0.0993. The van der Waals surface area contributed by atoms with Crippen molar-refractivity contribution < 1.29 is 14.5 Å². The molecule has 0 radical (unpaired) electrons. The molecule has 1 aromatic heterocycles. The van der Waals surface area contributed by atoms with Crippen molar-refractivity contribution in [2.24, 2.45) is 0 Å². The largest absolute Gasteiger partial charge is 0.465 e. The minimum atomic E-state index is -0.498. The highest BCUT2D eigenvalue weighted by Crippen LogP contribution is 2.28. The van der Waals surface area contributed by atoms with Crippen molar-refractivity contribution in [3.8, 4) is 0 Å². The number of rotatable bonds is 7. The molecule has 0 saturated heterocycles. The molecule has 0 atom stereocenters. The summed E-state index contributed by atoms with van der Waals surface area (Å²) in [5, 5.41) is 17.9. The van der Waals surface area contributed by atoms with Crippen LogP contribution in [0.15, 0.2) is 0 Å². The van der Waals surface area contributed by atoms with E-state index in [0.29, 0.717) is 12.2 Å². The number of carbonyl (C=O) groups is 1. The van der Waals surface area contributed by atoms with E-state index in [1.165, 1.54) is 4.68 Å². The van der Waals surface area contributed by atoms with Crippen molar-refractivity contribution in [1.29, 1.82) is 0 Å². The van der Waals surface area contributed by atoms with E-state index in [4.69, 9.17) is 4.74 Å². The Bertz CT molecular complexity index is 470. The van der Waals surface area contributed by atoms with E-state index in [9.17, 15) is 14.9 Å². The number of ether oxygens (including phenoxy) is 1. The summed E-state index contributed by atoms with van der Waals surface area (Å²) in [6.45, 7) is 5.91. The van der Waals surface area contributed by atoms with Crippen molar-refractivity contribution in [3.05, 3.63) is 15.8 Å². The fraction of sp³-hybridized carbons (Fsp3) is 0.636. The van der Waals surface area contributed by atoms with Crippen molar-refractivity contribution in [2.45, 2.75) is 33.7 Å². The lowest BCUT2D eigenvalue weighted by Gasteiger charge is -2.07. The summed E-state index contributed by atoms with van der Waals surface area (Å²) >= 11 is 0. The summed E-state index contributed by atoms with van der Waals surface area (Å²) in [6, 6.07) is 0. The molecule has 0 amide bonds. The summed E-state index contributed by atoms with van der Waals surface area (Å²) in [7, 11) is 0. The maximum Gasteiger partial charge on any atom is 0.333 e. The van der Waals surface area contributed by atoms with Crippen LogP contribution in [0.25, 0.3) is 0 Å². The molecule has 0 aliphatic heterocycles. The number of nitro groups is 1. The topological polar surface area (TPSA) is 99.3 Å². The van der Waals surface area contributed by atoms with E-state index in [1.54, 1.807) is 13.8 Å². The second-order valence-electron chi connectivity index (χ2n) is 3.92. The number of anilines is 1. The first kappa shape index (κ1) is 14.9. The highest BCUT2D eigenvalue weighted by Gasteiger charge is 2.25. The fourth-order valence-corrected chi connectivity index (χ4v) is 1.71. The number of aromatic nitrogens is 2. The summed E-state index contributed by atoms with van der Waals surface area (Å²) < 4.78 is 6.28. The molecule has 8 nitrogen and oxygen atoms in total. The van der Waals surface area contributed by atoms with Crippen LogP contribution in [0.2, 0.25) is 0 Å². The Kier molecular flexibility index (Phi) is 5.28. The first-order chi connectivity index (χ1) is 9.01. The third kappa shape index (κ3) is 3.67. The molecule has 0 aliphatic rings. The van der Waals surface area contributed by atoms with Crippen LogP contribution in [0.4, 0.5) is 11.5 Å². The second kappa shape index (κ2) is 6.72. The maximum atomic E-state index is 11.3. The normalized spacial score (nSPS) is 10.3. The van der Waals surface area contributed by atoms with Gasteiger partial charge in [0, 0.05) is 6.54 Å². The molecule has 1 aromatic rings. The lowest BCUT2D eigenvalue weighted by atomic mass is 10.4. The Morgan fingerprint density at radius 3 is 2.74 bits per heavy atom. The van der Waals surface area contributed by atoms with Crippen LogP contribution >= 0.6 is 0 Å². The van der Waals surface area contributed by atoms with E-state index in [1.807, 2.05) is 6.92 Å². The highest BCUT2D eigenvalue weighted by molar-refractivity contribution is 5.76. The molecule has 0 aromatic carbocycles. The Hall–Kier alpha value is -2.12. The van der Waals surface area contributed by atoms with Gasteiger partial charge in [-0.2, -0.15) is 5.10 Å². The van der Waals surface area contributed by atoms with E-state index >= 15 is 0 Å². The van der Waals surface area contributed by atoms with Gasteiger partial charge in [0.1, 0.15) is 12.2 Å². The first-order valence-corrected chi connectivity index (χ1v) is 6.12. The lowest BCUT2D eigenvalue weighted by Crippen LogP contribution is -2.19. The van der Waals surface area contributed by atoms with Gasteiger partial charge in [-0.15, -0.1) is 0 Å². The smallest absolute Gasteiger partial charge is 0.333 e. The van der Waals surface area contributed by atoms with Crippen molar-refractivity contribution in [1.82, 2.24) is 9.78 Å². The standard InChI is InChI=1S/C11H18N4O4/c1-4-6-14-11(12-7-9(16)19-5-2)10(15(17)18)8(3)13-14/h12H,4-7H2,1-3H3. The van der Waals surface area contributed by atoms with Crippen LogP contribution in [-0.2, 0) is 16.1 Å². The van der Waals surface area contributed by atoms with Crippen molar-refractivity contribution in [3.63, 3.8) is 0 Å². The second-order valence-corrected chi connectivity index (χ2v) is 3.92. The van der Waals surface area contributed by atoms with Crippen LogP contribution in [0.5, 0.6) is 0 Å². The van der Waals surface area contributed by atoms with Gasteiger partial charge in [-0.25, -0.2) is 4.68 Å². The van der Waals surface area contributed by atoms with Gasteiger partial charge in [0.2, 0.25) is 5.82 Å². The quantitative estimate of drug-likeness (QED) is 0.457. The van der Waals surface area contributed by atoms with Gasteiger partial charge in [-0.3, -0.25) is 14.9 Å². The summed E-state index contributed by atoms with van der Waals surface area (Å²) in [5.74, 6) is -0.212. The molecule has 106 valence electrons. The van der Waals surface area contributed by atoms with Gasteiger partial charge in [0.25, 0.3) is 0 Å². The number of hydrogen-bond acceptors (Lipinski definition) is 6. The van der Waals surface area contributed by atoms with Crippen LogP contribution in [0.1, 0.15) is 26.0 Å². The molecule has 1 N–H and O–H groups in total. The SMILES string of the molecule is CCCn1nc(C)c([N+](=O)[O-])c1NCC(=O)OCC. The van der Waals surface area contributed by atoms with E-state index in [2.05, 4.69) is 10.4 Å². The van der Waals surface area contributed by atoms with Crippen LogP contribution < -0.4 is 5.32 Å². The highest BCUT2D eigenvalue weighted by atomic mass is 16.6. The molecule has 19 heavy (non-hydrogen) atoms. The van der Waals surface area contributed by atoms with Gasteiger partial charge >= 0.3 is 11.7 Å². The number of nitrogens with one attached hydrogen (secondary N) is 1. The number of aryl methyl sites for hydroxylation is 2. The minimum Gasteiger partial charge on any atom is -0.465 e. The summed E-state index contributed by atoms with van der Waals surface area (Å²) in [6.07, 6.45) is 0.784. The van der Waals surface area contributed by atoms with Crippen LogP contribution in [-0.4, -0.2) is 33.8 Å². The molecule has 0 unspecified atom stereocenters. The maximum absolute atomic E-state index is 11.3. The summed E-state index contributed by atoms with van der Waals surface area (Å²) in [5.41, 5.74) is 0.225. The predicted molar refractivity (Wildman–Crippen MR) is 69.0 cm³/mol. The van der Waals surface area contributed by atoms with Gasteiger partial charge in [-0.05, 0) is 20.3 Å². The number of hydrogen-bond donors (Lipinski definition) is 1. The Labute approximate surface area is 110 Å². The number of nitrogens with zero attached hydrogens (tertiary/aromatic N) is 3. The fourth-order valence-electron chi connectivity index (χ4n) is 1.71. The molecule has 0 aliphatic carbocycles. The zero-order chi connectivity index (χ0) is 14.4. The number of carbonyl (C=O) groups excluding carboxylic acids is 1. The van der Waals surface area contributed by atoms with Gasteiger partial charge in [0.15, 0.2) is 0 Å². The van der Waals surface area contributed by atoms with E-state index < -0.39 is 10.9 Å². The van der Waals surface area contributed by atoms with Gasteiger partial charge in [-0.1, -0.05) is 6.92 Å². The molecular formula is C11H18N4O4. The third-order valence-electron chi connectivity index (χ3n) is 2.42. The lowest BCUT2D eigenvalue weighted by molar-refractivity contribution is -0.384. The zero-order valence-electron chi connectivity index (χ0n) is 11.3. The number of esters is 1. The first-order valence-electron chi connectivity index (χ1n) is 6.12. The molecule has 0 saturated carbocycles. The molecule has 0 bridgehead atoms. The predicted octanol–water partition coefficient (Wildman–Crippen LogP) is 1.48. The van der Waals surface area contributed by atoms with Gasteiger partial charge in [0.05, 0.1) is 11.5 Å². The van der Waals surface area contributed by atoms with Crippen molar-refractivity contribution >= 4 is 17.5 Å². The molecule has 8 heteroatoms. The molecular weight excluding hydrogens is 252 g/mol. The molecule has 1 rings (SSSR count). The zero-order valence-corrected chi connectivity index (χ0v) is 11.3. The Morgan fingerprint density at radius 1 is 1.53 bits per heavy atom. The molecule has 0 spiro atoms. The average Bonchev–Trinajstić information content (AvgIpc) is 2.63. The van der Waals surface area contributed by atoms with E-state index in [0.717, 1.165) is 6.42 Å². The summed E-state index contributed by atoms with van der Waals surface area (Å²) in [4.78, 5) is 21.8. The molecule has 1 heterocycles. The molecule has 0 fully saturated rings. The Balaban J connectivity index is 2.95. The van der Waals surface area contributed by atoms with Crippen molar-refractivity contribution in [2.75, 3.05) is 18.5 Å². The Morgan fingerprint density at radius 2 is 2.21 bits per heavy atom. The average molecular weight is 270 g/mol. The van der Waals surface area contributed by atoms with E-state index in [-0.39, 0.29) is 24.7 Å². The van der Waals surface area contributed by atoms with Gasteiger partial charge < -0.3 is 10.1 Å². The van der Waals surface area contributed by atoms with Crippen LogP contribution in [0.3, 0.4) is 0 Å².